The van der Waals surface area contributed by atoms with E-state index < -0.39 is 0 Å². The van der Waals surface area contributed by atoms with Crippen LogP contribution in [-0.4, -0.2) is 9.97 Å². The number of aromatic amines is 1. The molecule has 0 aliphatic heterocycles. The molecule has 3 aromatic rings. The molecule has 0 atom stereocenters. The lowest BCUT2D eigenvalue weighted by Crippen LogP contribution is -2.12. The molecule has 22 heavy (non-hydrogen) atoms. The second-order valence-corrected chi connectivity index (χ2v) is 5.38. The van der Waals surface area contributed by atoms with Gasteiger partial charge in [-0.1, -0.05) is 43.7 Å². The van der Waals surface area contributed by atoms with Crippen molar-refractivity contribution < 1.29 is 0 Å². The highest BCUT2D eigenvalue weighted by atomic mass is 16.1. The van der Waals surface area contributed by atoms with Crippen molar-refractivity contribution in [2.75, 3.05) is 5.32 Å². The Kier molecular flexibility index (Phi) is 4.19. The number of aromatic nitrogens is 2. The highest BCUT2D eigenvalue weighted by molar-refractivity contribution is 5.86. The summed E-state index contributed by atoms with van der Waals surface area (Å²) in [6.45, 7) is 2.13. The van der Waals surface area contributed by atoms with Crippen molar-refractivity contribution in [2.24, 2.45) is 0 Å². The predicted octanol–water partition coefficient (Wildman–Crippen LogP) is 4.01. The number of fused-ring (bicyclic) bond motifs is 1. The molecule has 0 saturated heterocycles. The van der Waals surface area contributed by atoms with E-state index in [1.807, 2.05) is 24.3 Å². The number of nitrogens with one attached hydrogen (secondary N) is 2. The van der Waals surface area contributed by atoms with E-state index in [1.165, 1.54) is 5.39 Å². The van der Waals surface area contributed by atoms with Crippen LogP contribution >= 0.6 is 0 Å². The van der Waals surface area contributed by atoms with Crippen molar-refractivity contribution in [3.8, 4) is 0 Å². The Hall–Kier alpha value is -2.62. The Bertz CT molecular complexity index is 839. The van der Waals surface area contributed by atoms with Crippen molar-refractivity contribution in [3.63, 3.8) is 0 Å². The molecule has 0 aliphatic carbocycles. The molecule has 0 saturated carbocycles. The van der Waals surface area contributed by atoms with Gasteiger partial charge >= 0.3 is 0 Å². The Morgan fingerprint density at radius 1 is 1.09 bits per heavy atom. The zero-order valence-electron chi connectivity index (χ0n) is 12.6. The number of hydrogen-bond acceptors (Lipinski definition) is 3. The molecule has 0 unspecified atom stereocenters. The van der Waals surface area contributed by atoms with E-state index in [9.17, 15) is 4.79 Å². The van der Waals surface area contributed by atoms with E-state index in [2.05, 4.69) is 40.4 Å². The number of unbranched alkanes of at least 4 members (excludes halogenated alkanes) is 1. The largest absolute Gasteiger partial charge is 0.326 e. The molecule has 1 aromatic heterocycles. The first-order valence-corrected chi connectivity index (χ1v) is 7.60. The smallest absolute Gasteiger partial charge is 0.252 e. The average Bonchev–Trinajstić information content (AvgIpc) is 2.52. The number of H-pyrrole nitrogens is 1. The van der Waals surface area contributed by atoms with Gasteiger partial charge in [0.25, 0.3) is 5.56 Å². The van der Waals surface area contributed by atoms with Gasteiger partial charge in [-0.15, -0.1) is 0 Å². The number of hydrogen-bond donors (Lipinski definition) is 2. The lowest BCUT2D eigenvalue weighted by Gasteiger charge is -2.08. The van der Waals surface area contributed by atoms with Gasteiger partial charge in [0.1, 0.15) is 0 Å². The van der Waals surface area contributed by atoms with E-state index in [-0.39, 0.29) is 5.56 Å². The standard InChI is InChI=1S/C18H19N3O/c1-2-3-8-15-12-17(22)21-18(19-15)20-16-10-9-13-6-4-5-7-14(13)11-16/h4-7,9-12H,2-3,8H2,1H3,(H2,19,20,21,22). The maximum atomic E-state index is 11.7. The molecule has 0 aliphatic rings. The lowest BCUT2D eigenvalue weighted by molar-refractivity contribution is 0.772. The van der Waals surface area contributed by atoms with Crippen molar-refractivity contribution in [1.29, 1.82) is 0 Å². The first kappa shape index (κ1) is 14.3. The van der Waals surface area contributed by atoms with Gasteiger partial charge in [0.2, 0.25) is 5.95 Å². The van der Waals surface area contributed by atoms with Crippen LogP contribution in [0.2, 0.25) is 0 Å². The molecule has 112 valence electrons. The van der Waals surface area contributed by atoms with Gasteiger partial charge in [-0.05, 0) is 35.7 Å². The van der Waals surface area contributed by atoms with Crippen LogP contribution in [0.3, 0.4) is 0 Å². The average molecular weight is 293 g/mol. The third-order valence-electron chi connectivity index (χ3n) is 3.59. The Morgan fingerprint density at radius 3 is 2.73 bits per heavy atom. The fraction of sp³-hybridized carbons (Fsp3) is 0.222. The molecule has 4 heteroatoms. The van der Waals surface area contributed by atoms with Crippen LogP contribution in [0.15, 0.2) is 53.3 Å². The van der Waals surface area contributed by atoms with E-state index in [4.69, 9.17) is 0 Å². The highest BCUT2D eigenvalue weighted by Gasteiger charge is 2.03. The first-order chi connectivity index (χ1) is 10.7. The summed E-state index contributed by atoms with van der Waals surface area (Å²) in [4.78, 5) is 19.0. The van der Waals surface area contributed by atoms with Crippen molar-refractivity contribution in [1.82, 2.24) is 9.97 Å². The zero-order valence-corrected chi connectivity index (χ0v) is 12.6. The molecule has 0 fully saturated rings. The number of aryl methyl sites for hydroxylation is 1. The molecule has 1 heterocycles. The van der Waals surface area contributed by atoms with Gasteiger partial charge in [0, 0.05) is 17.4 Å². The van der Waals surface area contributed by atoms with Crippen LogP contribution in [0, 0.1) is 0 Å². The number of benzene rings is 2. The summed E-state index contributed by atoms with van der Waals surface area (Å²) >= 11 is 0. The molecule has 4 nitrogen and oxygen atoms in total. The third kappa shape index (κ3) is 3.34. The second kappa shape index (κ2) is 6.43. The molecule has 2 N–H and O–H groups in total. The lowest BCUT2D eigenvalue weighted by atomic mass is 10.1. The molecule has 0 amide bonds. The van der Waals surface area contributed by atoms with E-state index in [1.54, 1.807) is 6.07 Å². The van der Waals surface area contributed by atoms with Crippen molar-refractivity contribution in [3.05, 3.63) is 64.6 Å². The quantitative estimate of drug-likeness (QED) is 0.747. The maximum absolute atomic E-state index is 11.7. The highest BCUT2D eigenvalue weighted by Crippen LogP contribution is 2.20. The summed E-state index contributed by atoms with van der Waals surface area (Å²) in [5.74, 6) is 0.494. The SMILES string of the molecule is CCCCc1cc(=O)[nH]c(Nc2ccc3ccccc3c2)n1. The fourth-order valence-corrected chi connectivity index (χ4v) is 2.46. The van der Waals surface area contributed by atoms with Crippen LogP contribution in [0.1, 0.15) is 25.5 Å². The van der Waals surface area contributed by atoms with Crippen molar-refractivity contribution in [2.45, 2.75) is 26.2 Å². The van der Waals surface area contributed by atoms with Gasteiger partial charge in [-0.2, -0.15) is 0 Å². The summed E-state index contributed by atoms with van der Waals surface area (Å²) in [5, 5.41) is 5.52. The van der Waals surface area contributed by atoms with E-state index in [0.717, 1.165) is 36.0 Å². The zero-order chi connectivity index (χ0) is 15.4. The summed E-state index contributed by atoms with van der Waals surface area (Å²) in [6, 6.07) is 15.8. The summed E-state index contributed by atoms with van der Waals surface area (Å²) in [5.41, 5.74) is 1.62. The number of anilines is 2. The van der Waals surface area contributed by atoms with Crippen LogP contribution < -0.4 is 10.9 Å². The Balaban J connectivity index is 1.87. The minimum Gasteiger partial charge on any atom is -0.326 e. The molecule has 2 aromatic carbocycles. The normalized spacial score (nSPS) is 10.8. The van der Waals surface area contributed by atoms with Crippen LogP contribution in [0.25, 0.3) is 10.8 Å². The van der Waals surface area contributed by atoms with Gasteiger partial charge in [0.05, 0.1) is 0 Å². The van der Waals surface area contributed by atoms with Crippen molar-refractivity contribution >= 4 is 22.4 Å². The molecule has 0 radical (unpaired) electrons. The second-order valence-electron chi connectivity index (χ2n) is 5.38. The first-order valence-electron chi connectivity index (χ1n) is 7.60. The maximum Gasteiger partial charge on any atom is 0.252 e. The van der Waals surface area contributed by atoms with Gasteiger partial charge in [0.15, 0.2) is 0 Å². The van der Waals surface area contributed by atoms with Gasteiger partial charge < -0.3 is 5.32 Å². The molecule has 3 rings (SSSR count). The van der Waals surface area contributed by atoms with Gasteiger partial charge in [-0.25, -0.2) is 4.98 Å². The summed E-state index contributed by atoms with van der Waals surface area (Å²) in [7, 11) is 0. The van der Waals surface area contributed by atoms with E-state index in [0.29, 0.717) is 5.95 Å². The fourth-order valence-electron chi connectivity index (χ4n) is 2.46. The van der Waals surface area contributed by atoms with Gasteiger partial charge in [-0.3, -0.25) is 9.78 Å². The van der Waals surface area contributed by atoms with Crippen LogP contribution in [0.4, 0.5) is 11.6 Å². The Labute approximate surface area is 129 Å². The molecular formula is C18H19N3O. The number of rotatable bonds is 5. The van der Waals surface area contributed by atoms with E-state index >= 15 is 0 Å². The Morgan fingerprint density at radius 2 is 1.91 bits per heavy atom. The summed E-state index contributed by atoms with van der Waals surface area (Å²) in [6.07, 6.45) is 2.95. The minimum absolute atomic E-state index is 0.121. The third-order valence-corrected chi connectivity index (χ3v) is 3.59. The monoisotopic (exact) mass is 293 g/mol. The molecule has 0 bridgehead atoms. The molecular weight excluding hydrogens is 274 g/mol. The minimum atomic E-state index is -0.121. The molecule has 0 spiro atoms. The van der Waals surface area contributed by atoms with Crippen LogP contribution in [-0.2, 0) is 6.42 Å². The topological polar surface area (TPSA) is 57.8 Å². The van der Waals surface area contributed by atoms with Crippen LogP contribution in [0.5, 0.6) is 0 Å². The number of nitrogens with zero attached hydrogens (tertiary/aromatic N) is 1. The predicted molar refractivity (Wildman–Crippen MR) is 90.7 cm³/mol. The summed E-state index contributed by atoms with van der Waals surface area (Å²) < 4.78 is 0.